The lowest BCUT2D eigenvalue weighted by Crippen LogP contribution is -2.61. The van der Waals surface area contributed by atoms with E-state index in [0.29, 0.717) is 0 Å². The average Bonchev–Trinajstić information content (AvgIpc) is 2.73. The highest BCUT2D eigenvalue weighted by Gasteiger charge is 2.46. The van der Waals surface area contributed by atoms with Gasteiger partial charge in [-0.1, -0.05) is 0 Å². The molecule has 8 N–H and O–H groups in total. The van der Waals surface area contributed by atoms with E-state index in [-0.39, 0.29) is 17.9 Å². The summed E-state index contributed by atoms with van der Waals surface area (Å²) in [5.74, 6) is -2.09. The number of hydrogen-bond donors (Lipinski definition) is 8. The van der Waals surface area contributed by atoms with Gasteiger partial charge in [0.05, 0.1) is 18.8 Å². The van der Waals surface area contributed by atoms with E-state index in [1.807, 2.05) is 0 Å². The SMILES string of the molecule is O=C(O)c1ccc(O[C@@H]2O[C@@H](CO[C@H]3OC[C@H](O)[C@@H](O)[C@@H]3O)[C@H](O)[C@@H](O)[C@@H]2O)c(O)c1. The van der Waals surface area contributed by atoms with Crippen molar-refractivity contribution in [3.63, 3.8) is 0 Å². The van der Waals surface area contributed by atoms with Crippen LogP contribution in [-0.4, -0.2) is 115 Å². The Balaban J connectivity index is 1.66. The van der Waals surface area contributed by atoms with Crippen molar-refractivity contribution in [1.82, 2.24) is 0 Å². The molecule has 0 aromatic heterocycles. The Hall–Kier alpha value is -2.07. The van der Waals surface area contributed by atoms with Gasteiger partial charge >= 0.3 is 5.97 Å². The molecule has 0 saturated carbocycles. The second kappa shape index (κ2) is 9.60. The maximum Gasteiger partial charge on any atom is 0.335 e. The number of carbonyl (C=O) groups is 1. The minimum absolute atomic E-state index is 0.213. The van der Waals surface area contributed by atoms with Gasteiger partial charge in [-0.2, -0.15) is 0 Å². The lowest BCUT2D eigenvalue weighted by molar-refractivity contribution is -0.307. The van der Waals surface area contributed by atoms with Crippen LogP contribution in [-0.2, 0) is 14.2 Å². The van der Waals surface area contributed by atoms with Crippen LogP contribution in [0.25, 0.3) is 0 Å². The van der Waals surface area contributed by atoms with Crippen molar-refractivity contribution in [2.75, 3.05) is 13.2 Å². The van der Waals surface area contributed by atoms with Crippen molar-refractivity contribution in [1.29, 1.82) is 0 Å². The quantitative estimate of drug-likeness (QED) is 0.215. The van der Waals surface area contributed by atoms with Gasteiger partial charge in [-0.3, -0.25) is 0 Å². The average molecular weight is 448 g/mol. The van der Waals surface area contributed by atoms with E-state index in [1.54, 1.807) is 0 Å². The molecule has 0 aliphatic carbocycles. The van der Waals surface area contributed by atoms with Crippen LogP contribution in [0.5, 0.6) is 11.5 Å². The topological polar surface area (TPSA) is 216 Å². The van der Waals surface area contributed by atoms with E-state index >= 15 is 0 Å². The number of phenolic OH excluding ortho intramolecular Hbond substituents is 1. The van der Waals surface area contributed by atoms with Crippen LogP contribution in [0.1, 0.15) is 10.4 Å². The Kier molecular flexibility index (Phi) is 7.31. The minimum atomic E-state index is -1.74. The maximum atomic E-state index is 10.9. The summed E-state index contributed by atoms with van der Waals surface area (Å²) in [6, 6.07) is 3.18. The molecule has 2 aliphatic rings. The number of aliphatic hydroxyl groups is 6. The van der Waals surface area contributed by atoms with Crippen molar-refractivity contribution in [3.8, 4) is 11.5 Å². The second-order valence-electron chi connectivity index (χ2n) is 7.20. The highest BCUT2D eigenvalue weighted by atomic mass is 16.7. The number of carboxylic acids is 1. The van der Waals surface area contributed by atoms with Crippen LogP contribution in [0.15, 0.2) is 18.2 Å². The summed E-state index contributed by atoms with van der Waals surface area (Å²) in [5.41, 5.74) is -0.213. The molecule has 3 rings (SSSR count). The van der Waals surface area contributed by atoms with Crippen molar-refractivity contribution in [2.24, 2.45) is 0 Å². The van der Waals surface area contributed by atoms with E-state index in [9.17, 15) is 40.5 Å². The summed E-state index contributed by atoms with van der Waals surface area (Å²) in [5, 5.41) is 78.3. The van der Waals surface area contributed by atoms with E-state index in [2.05, 4.69) is 0 Å². The second-order valence-corrected chi connectivity index (χ2v) is 7.20. The molecule has 9 atom stereocenters. The summed E-state index contributed by atoms with van der Waals surface area (Å²) in [6.45, 7) is -0.783. The fourth-order valence-corrected chi connectivity index (χ4v) is 3.14. The van der Waals surface area contributed by atoms with Gasteiger partial charge < -0.3 is 59.8 Å². The first-order chi connectivity index (χ1) is 14.6. The van der Waals surface area contributed by atoms with Gasteiger partial charge in [-0.05, 0) is 18.2 Å². The molecule has 2 heterocycles. The van der Waals surface area contributed by atoms with E-state index in [1.165, 1.54) is 0 Å². The van der Waals surface area contributed by atoms with Crippen LogP contribution in [0.4, 0.5) is 0 Å². The molecule has 1 aromatic rings. The number of ether oxygens (including phenoxy) is 4. The highest BCUT2D eigenvalue weighted by molar-refractivity contribution is 5.88. The molecule has 1 aromatic carbocycles. The maximum absolute atomic E-state index is 10.9. The molecule has 0 unspecified atom stereocenters. The standard InChI is InChI=1S/C18H24O13/c19-7-3-6(16(26)27)1-2-9(7)30-18-15(25)13(23)12(22)10(31-18)5-29-17-14(24)11(21)8(20)4-28-17/h1-3,8,10-15,17-25H,4-5H2,(H,26,27)/t8-,10-,11+,12-,13+,14-,15-,17+,18+/m0/s1. The third-order valence-electron chi connectivity index (χ3n) is 5.00. The fourth-order valence-electron chi connectivity index (χ4n) is 3.14. The lowest BCUT2D eigenvalue weighted by Gasteiger charge is -2.41. The van der Waals surface area contributed by atoms with Gasteiger partial charge in [-0.15, -0.1) is 0 Å². The molecular formula is C18H24O13. The molecule has 0 amide bonds. The molecule has 174 valence electrons. The van der Waals surface area contributed by atoms with Gasteiger partial charge in [0.15, 0.2) is 17.8 Å². The smallest absolute Gasteiger partial charge is 0.335 e. The normalized spacial score (nSPS) is 38.6. The van der Waals surface area contributed by atoms with Crippen molar-refractivity contribution in [2.45, 2.75) is 55.3 Å². The zero-order valence-electron chi connectivity index (χ0n) is 16.0. The molecule has 31 heavy (non-hydrogen) atoms. The molecule has 0 radical (unpaired) electrons. The van der Waals surface area contributed by atoms with E-state index < -0.39 is 73.6 Å². The molecule has 2 aliphatic heterocycles. The highest BCUT2D eigenvalue weighted by Crippen LogP contribution is 2.31. The number of aromatic carboxylic acids is 1. The Morgan fingerprint density at radius 1 is 0.968 bits per heavy atom. The van der Waals surface area contributed by atoms with Crippen molar-refractivity contribution in [3.05, 3.63) is 23.8 Å². The number of phenols is 1. The molecule has 0 spiro atoms. The van der Waals surface area contributed by atoms with Crippen LogP contribution in [0.3, 0.4) is 0 Å². The fraction of sp³-hybridized carbons (Fsp3) is 0.611. The third kappa shape index (κ3) is 5.06. The number of aromatic hydroxyl groups is 1. The van der Waals surface area contributed by atoms with Crippen LogP contribution in [0, 0.1) is 0 Å². The van der Waals surface area contributed by atoms with Crippen LogP contribution in [0.2, 0.25) is 0 Å². The summed E-state index contributed by atoms with van der Waals surface area (Å²) in [6.07, 6.45) is -13.7. The van der Waals surface area contributed by atoms with E-state index in [4.69, 9.17) is 24.1 Å². The predicted molar refractivity (Wildman–Crippen MR) is 96.1 cm³/mol. The van der Waals surface area contributed by atoms with Gasteiger partial charge in [0.2, 0.25) is 6.29 Å². The minimum Gasteiger partial charge on any atom is -0.504 e. The Labute approximate surface area is 175 Å². The zero-order chi connectivity index (χ0) is 22.9. The summed E-state index contributed by atoms with van der Waals surface area (Å²) >= 11 is 0. The first-order valence-electron chi connectivity index (χ1n) is 9.30. The Bertz CT molecular complexity index is 773. The molecule has 2 fully saturated rings. The van der Waals surface area contributed by atoms with Crippen molar-refractivity contribution < 1.29 is 64.6 Å². The van der Waals surface area contributed by atoms with Gasteiger partial charge in [-0.25, -0.2) is 4.79 Å². The monoisotopic (exact) mass is 448 g/mol. The summed E-state index contributed by atoms with van der Waals surface area (Å²) in [4.78, 5) is 10.9. The van der Waals surface area contributed by atoms with Gasteiger partial charge in [0, 0.05) is 0 Å². The molecule has 2 saturated heterocycles. The van der Waals surface area contributed by atoms with Gasteiger partial charge in [0.1, 0.15) is 42.7 Å². The molecule has 0 bridgehead atoms. The number of hydrogen-bond acceptors (Lipinski definition) is 12. The zero-order valence-corrected chi connectivity index (χ0v) is 16.0. The number of carboxylic acid groups (broad SMARTS) is 1. The summed E-state index contributed by atoms with van der Waals surface area (Å²) in [7, 11) is 0. The first kappa shape index (κ1) is 23.6. The Morgan fingerprint density at radius 2 is 1.65 bits per heavy atom. The third-order valence-corrected chi connectivity index (χ3v) is 5.00. The van der Waals surface area contributed by atoms with Gasteiger partial charge in [0.25, 0.3) is 0 Å². The largest absolute Gasteiger partial charge is 0.504 e. The number of rotatable bonds is 6. The lowest BCUT2D eigenvalue weighted by atomic mass is 9.99. The number of benzene rings is 1. The summed E-state index contributed by atoms with van der Waals surface area (Å²) < 4.78 is 21.1. The molecule has 13 nitrogen and oxygen atoms in total. The first-order valence-corrected chi connectivity index (χ1v) is 9.30. The molecule has 13 heteroatoms. The Morgan fingerprint density at radius 3 is 2.29 bits per heavy atom. The molecular weight excluding hydrogens is 424 g/mol. The predicted octanol–water partition coefficient (Wildman–Crippen LogP) is -3.27. The van der Waals surface area contributed by atoms with Crippen LogP contribution >= 0.6 is 0 Å². The van der Waals surface area contributed by atoms with Crippen LogP contribution < -0.4 is 4.74 Å². The van der Waals surface area contributed by atoms with Crippen molar-refractivity contribution >= 4 is 5.97 Å². The number of aliphatic hydroxyl groups excluding tert-OH is 6. The van der Waals surface area contributed by atoms with E-state index in [0.717, 1.165) is 18.2 Å².